The minimum Gasteiger partial charge on any atom is -0.304 e. The molecule has 0 aliphatic carbocycles. The molecular weight excluding hydrogens is 210 g/mol. The molecule has 0 saturated carbocycles. The Kier molecular flexibility index (Phi) is 12.3. The average molecular weight is 242 g/mol. The van der Waals surface area contributed by atoms with Crippen LogP contribution in [0.15, 0.2) is 0 Å². The molecule has 0 aromatic carbocycles. The fourth-order valence-corrected chi connectivity index (χ4v) is 2.00. The van der Waals surface area contributed by atoms with Crippen LogP contribution >= 0.6 is 0 Å². The van der Waals surface area contributed by atoms with E-state index in [1.54, 1.807) is 0 Å². The first-order chi connectivity index (χ1) is 8.28. The van der Waals surface area contributed by atoms with Crippen LogP contribution in [-0.4, -0.2) is 62.2 Å². The molecular formula is C14H32N3. The topological polar surface area (TPSA) is 20.6 Å². The van der Waals surface area contributed by atoms with Crippen LogP contribution in [0.3, 0.4) is 0 Å². The minimum absolute atomic E-state index is 1.04. The van der Waals surface area contributed by atoms with E-state index in [1.807, 2.05) is 0 Å². The van der Waals surface area contributed by atoms with E-state index in [0.29, 0.717) is 0 Å². The second-order valence-corrected chi connectivity index (χ2v) is 4.43. The molecule has 0 aliphatic heterocycles. The highest BCUT2D eigenvalue weighted by Crippen LogP contribution is 1.92. The van der Waals surface area contributed by atoms with E-state index in [9.17, 15) is 0 Å². The molecule has 0 saturated heterocycles. The normalized spacial score (nSPS) is 11.6. The first-order valence-electron chi connectivity index (χ1n) is 7.36. The van der Waals surface area contributed by atoms with Gasteiger partial charge in [-0.3, -0.25) is 0 Å². The maximum Gasteiger partial charge on any atom is 0.0145 e. The van der Waals surface area contributed by atoms with Gasteiger partial charge < -0.3 is 9.80 Å². The van der Waals surface area contributed by atoms with Crippen LogP contribution in [0.25, 0.3) is 0 Å². The van der Waals surface area contributed by atoms with Crippen molar-refractivity contribution < 1.29 is 0 Å². The molecule has 0 rings (SSSR count). The molecule has 1 radical (unpaired) electrons. The van der Waals surface area contributed by atoms with Gasteiger partial charge >= 0.3 is 0 Å². The number of hydrogen-bond donors (Lipinski definition) is 0. The van der Waals surface area contributed by atoms with Crippen molar-refractivity contribution in [3.8, 4) is 0 Å². The Morgan fingerprint density at radius 2 is 1.00 bits per heavy atom. The molecule has 0 amide bonds. The van der Waals surface area contributed by atoms with E-state index < -0.39 is 0 Å². The van der Waals surface area contributed by atoms with Crippen LogP contribution in [0, 0.1) is 0 Å². The molecule has 0 aliphatic rings. The second kappa shape index (κ2) is 12.3. The monoisotopic (exact) mass is 242 g/mol. The van der Waals surface area contributed by atoms with Crippen molar-refractivity contribution in [2.45, 2.75) is 40.5 Å². The van der Waals surface area contributed by atoms with Crippen molar-refractivity contribution in [1.29, 1.82) is 0 Å². The molecule has 3 nitrogen and oxygen atoms in total. The Morgan fingerprint density at radius 1 is 0.647 bits per heavy atom. The molecule has 0 heterocycles. The first kappa shape index (κ1) is 16.9. The Labute approximate surface area is 109 Å². The SMILES string of the molecule is CCN(CC)CCC[N]CCCN(CC)CC. The third-order valence-electron chi connectivity index (χ3n) is 3.37. The highest BCUT2D eigenvalue weighted by Gasteiger charge is 2.00. The van der Waals surface area contributed by atoms with E-state index in [-0.39, 0.29) is 0 Å². The Balaban J connectivity index is 3.23. The molecule has 0 fully saturated rings. The highest BCUT2D eigenvalue weighted by atomic mass is 15.1. The molecule has 0 aromatic rings. The minimum atomic E-state index is 1.04. The lowest BCUT2D eigenvalue weighted by molar-refractivity contribution is 0.289. The second-order valence-electron chi connectivity index (χ2n) is 4.43. The molecule has 0 atom stereocenters. The molecule has 0 aromatic heterocycles. The summed E-state index contributed by atoms with van der Waals surface area (Å²) in [4.78, 5) is 4.93. The summed E-state index contributed by atoms with van der Waals surface area (Å²) in [6, 6.07) is 0. The molecule has 0 bridgehead atoms. The summed E-state index contributed by atoms with van der Waals surface area (Å²) in [5, 5.41) is 4.60. The van der Waals surface area contributed by atoms with Crippen LogP contribution in [0.5, 0.6) is 0 Å². The fourth-order valence-electron chi connectivity index (χ4n) is 2.00. The van der Waals surface area contributed by atoms with Gasteiger partial charge in [-0.2, -0.15) is 0 Å². The van der Waals surface area contributed by atoms with Crippen LogP contribution in [0.2, 0.25) is 0 Å². The molecule has 0 N–H and O–H groups in total. The van der Waals surface area contributed by atoms with Crippen molar-refractivity contribution in [1.82, 2.24) is 15.1 Å². The van der Waals surface area contributed by atoms with Crippen molar-refractivity contribution in [2.75, 3.05) is 52.4 Å². The number of nitrogens with zero attached hydrogens (tertiary/aromatic N) is 3. The van der Waals surface area contributed by atoms with Gasteiger partial charge in [-0.1, -0.05) is 27.7 Å². The maximum atomic E-state index is 4.60. The van der Waals surface area contributed by atoms with Gasteiger partial charge in [-0.15, -0.1) is 0 Å². The summed E-state index contributed by atoms with van der Waals surface area (Å²) in [5.41, 5.74) is 0. The van der Waals surface area contributed by atoms with E-state index >= 15 is 0 Å². The number of hydrogen-bond acceptors (Lipinski definition) is 2. The lowest BCUT2D eigenvalue weighted by atomic mass is 10.3. The summed E-state index contributed by atoms with van der Waals surface area (Å²) in [7, 11) is 0. The van der Waals surface area contributed by atoms with Crippen molar-refractivity contribution in [3.05, 3.63) is 0 Å². The van der Waals surface area contributed by atoms with Gasteiger partial charge in [-0.05, 0) is 52.1 Å². The van der Waals surface area contributed by atoms with Crippen LogP contribution < -0.4 is 5.32 Å². The average Bonchev–Trinajstić information content (AvgIpc) is 2.37. The highest BCUT2D eigenvalue weighted by molar-refractivity contribution is 4.57. The summed E-state index contributed by atoms with van der Waals surface area (Å²) >= 11 is 0. The van der Waals surface area contributed by atoms with Gasteiger partial charge in [0, 0.05) is 13.1 Å². The van der Waals surface area contributed by atoms with Crippen LogP contribution in [0.4, 0.5) is 0 Å². The zero-order valence-electron chi connectivity index (χ0n) is 12.4. The fraction of sp³-hybridized carbons (Fsp3) is 1.00. The number of rotatable bonds is 12. The van der Waals surface area contributed by atoms with Gasteiger partial charge in [0.15, 0.2) is 0 Å². The van der Waals surface area contributed by atoms with E-state index in [0.717, 1.165) is 13.1 Å². The van der Waals surface area contributed by atoms with E-state index in [1.165, 1.54) is 52.1 Å². The lowest BCUT2D eigenvalue weighted by Gasteiger charge is -2.18. The van der Waals surface area contributed by atoms with Gasteiger partial charge in [0.25, 0.3) is 0 Å². The van der Waals surface area contributed by atoms with Crippen LogP contribution in [0.1, 0.15) is 40.5 Å². The first-order valence-corrected chi connectivity index (χ1v) is 7.36. The zero-order valence-corrected chi connectivity index (χ0v) is 12.4. The summed E-state index contributed by atoms with van der Waals surface area (Å²) < 4.78 is 0. The summed E-state index contributed by atoms with van der Waals surface area (Å²) in [6.07, 6.45) is 2.43. The standard InChI is InChI=1S/C14H32N3/c1-5-16(6-2)13-9-11-15-12-10-14-17(7-3)8-4/h5-14H2,1-4H3. The smallest absolute Gasteiger partial charge is 0.0145 e. The molecule has 0 unspecified atom stereocenters. The van der Waals surface area contributed by atoms with Gasteiger partial charge in [0.05, 0.1) is 0 Å². The van der Waals surface area contributed by atoms with E-state index in [2.05, 4.69) is 42.8 Å². The van der Waals surface area contributed by atoms with Gasteiger partial charge in [0.2, 0.25) is 0 Å². The quantitative estimate of drug-likeness (QED) is 0.488. The third kappa shape index (κ3) is 9.57. The summed E-state index contributed by atoms with van der Waals surface area (Å²) in [5.74, 6) is 0. The predicted molar refractivity (Wildman–Crippen MR) is 76.7 cm³/mol. The molecule has 0 spiro atoms. The van der Waals surface area contributed by atoms with Crippen molar-refractivity contribution in [2.24, 2.45) is 0 Å². The summed E-state index contributed by atoms with van der Waals surface area (Å²) in [6.45, 7) is 18.0. The third-order valence-corrected chi connectivity index (χ3v) is 3.37. The maximum absolute atomic E-state index is 4.60. The van der Waals surface area contributed by atoms with Crippen LogP contribution in [-0.2, 0) is 0 Å². The van der Waals surface area contributed by atoms with Crippen molar-refractivity contribution in [3.63, 3.8) is 0 Å². The van der Waals surface area contributed by atoms with Crippen molar-refractivity contribution >= 4 is 0 Å². The molecule has 17 heavy (non-hydrogen) atoms. The predicted octanol–water partition coefficient (Wildman–Crippen LogP) is 2.05. The Bertz CT molecular complexity index is 126. The van der Waals surface area contributed by atoms with Gasteiger partial charge in [0.1, 0.15) is 0 Å². The largest absolute Gasteiger partial charge is 0.304 e. The lowest BCUT2D eigenvalue weighted by Crippen LogP contribution is -2.27. The zero-order chi connectivity index (χ0) is 12.9. The Hall–Kier alpha value is -0.120. The van der Waals surface area contributed by atoms with Gasteiger partial charge in [-0.25, -0.2) is 5.32 Å². The molecule has 103 valence electrons. The Morgan fingerprint density at radius 3 is 1.29 bits per heavy atom. The molecule has 3 heteroatoms. The van der Waals surface area contributed by atoms with E-state index in [4.69, 9.17) is 0 Å².